The number of nitrogens with zero attached hydrogens (tertiary/aromatic N) is 1. The maximum atomic E-state index is 11.7. The highest BCUT2D eigenvalue weighted by atomic mass is 16.5. The summed E-state index contributed by atoms with van der Waals surface area (Å²) in [5.74, 6) is 4.94. The van der Waals surface area contributed by atoms with Gasteiger partial charge in [0.15, 0.2) is 0 Å². The predicted octanol–water partition coefficient (Wildman–Crippen LogP) is 1.69. The van der Waals surface area contributed by atoms with Gasteiger partial charge in [-0.05, 0) is 25.0 Å². The summed E-state index contributed by atoms with van der Waals surface area (Å²) in [6.45, 7) is 2.65. The van der Waals surface area contributed by atoms with Crippen LogP contribution in [0.1, 0.15) is 6.92 Å². The van der Waals surface area contributed by atoms with Crippen LogP contribution in [0, 0.1) is 11.8 Å². The number of rotatable bonds is 4. The summed E-state index contributed by atoms with van der Waals surface area (Å²) in [7, 11) is 1.61. The first-order valence-electron chi connectivity index (χ1n) is 5.08. The molecule has 1 aromatic rings. The summed E-state index contributed by atoms with van der Waals surface area (Å²) in [5.41, 5.74) is 0.840. The van der Waals surface area contributed by atoms with Crippen molar-refractivity contribution in [2.24, 2.45) is 0 Å². The number of hydrogen-bond acceptors (Lipinski definition) is 2. The first-order valence-corrected chi connectivity index (χ1v) is 5.08. The fourth-order valence-electron chi connectivity index (χ4n) is 1.31. The fraction of sp³-hybridized carbons (Fsp3) is 0.308. The summed E-state index contributed by atoms with van der Waals surface area (Å²) >= 11 is 0. The molecule has 0 unspecified atom stereocenters. The first-order chi connectivity index (χ1) is 7.79. The monoisotopic (exact) mass is 217 g/mol. The average molecular weight is 217 g/mol. The van der Waals surface area contributed by atoms with E-state index >= 15 is 0 Å². The second-order valence-electron chi connectivity index (χ2n) is 3.16. The van der Waals surface area contributed by atoms with Gasteiger partial charge < -0.3 is 4.74 Å². The molecule has 0 radical (unpaired) electrons. The Labute approximate surface area is 96.0 Å². The topological polar surface area (TPSA) is 29.5 Å². The van der Waals surface area contributed by atoms with Crippen molar-refractivity contribution in [3.05, 3.63) is 30.3 Å². The number of ether oxygens (including phenoxy) is 1. The number of benzene rings is 1. The molecule has 0 spiro atoms. The van der Waals surface area contributed by atoms with Gasteiger partial charge in [-0.25, -0.2) is 0 Å². The minimum absolute atomic E-state index is 0.203. The zero-order chi connectivity index (χ0) is 11.8. The molecule has 0 aliphatic heterocycles. The van der Waals surface area contributed by atoms with E-state index in [0.717, 1.165) is 5.69 Å². The number of carbonyl (C=O) groups excluding carboxylic acids is 1. The molecule has 1 rings (SSSR count). The summed E-state index contributed by atoms with van der Waals surface area (Å²) < 4.78 is 4.98. The van der Waals surface area contributed by atoms with E-state index in [4.69, 9.17) is 4.74 Å². The summed E-state index contributed by atoms with van der Waals surface area (Å²) in [4.78, 5) is 13.4. The highest BCUT2D eigenvalue weighted by Crippen LogP contribution is 2.12. The SMILES string of the molecule is CC#CC(=O)N(CCOC)c1ccccc1. The minimum atomic E-state index is -0.203. The van der Waals surface area contributed by atoms with Crippen molar-refractivity contribution in [1.29, 1.82) is 0 Å². The Hall–Kier alpha value is -1.79. The maximum absolute atomic E-state index is 11.7. The number of amides is 1. The average Bonchev–Trinajstić information content (AvgIpc) is 2.31. The Morgan fingerprint density at radius 2 is 2.06 bits per heavy atom. The molecule has 0 aliphatic rings. The van der Waals surface area contributed by atoms with Crippen LogP contribution in [0.15, 0.2) is 30.3 Å². The van der Waals surface area contributed by atoms with Gasteiger partial charge in [0, 0.05) is 12.8 Å². The van der Waals surface area contributed by atoms with Crippen molar-refractivity contribution in [1.82, 2.24) is 0 Å². The molecule has 84 valence electrons. The van der Waals surface area contributed by atoms with Gasteiger partial charge in [-0.15, -0.1) is 0 Å². The van der Waals surface area contributed by atoms with Gasteiger partial charge in [-0.3, -0.25) is 9.69 Å². The van der Waals surface area contributed by atoms with Crippen molar-refractivity contribution in [3.63, 3.8) is 0 Å². The predicted molar refractivity (Wildman–Crippen MR) is 64.1 cm³/mol. The normalized spacial score (nSPS) is 9.12. The van der Waals surface area contributed by atoms with Crippen LogP contribution >= 0.6 is 0 Å². The van der Waals surface area contributed by atoms with Crippen LogP contribution in [-0.2, 0) is 9.53 Å². The van der Waals surface area contributed by atoms with Crippen molar-refractivity contribution < 1.29 is 9.53 Å². The molecule has 0 fully saturated rings. The number of anilines is 1. The molecular weight excluding hydrogens is 202 g/mol. The molecule has 0 bridgehead atoms. The van der Waals surface area contributed by atoms with Gasteiger partial charge >= 0.3 is 5.91 Å². The van der Waals surface area contributed by atoms with Crippen LogP contribution in [0.4, 0.5) is 5.69 Å². The van der Waals surface area contributed by atoms with Crippen molar-refractivity contribution in [3.8, 4) is 11.8 Å². The molecule has 16 heavy (non-hydrogen) atoms. The molecule has 1 aromatic carbocycles. The molecule has 0 atom stereocenters. The Bertz CT molecular complexity index is 389. The minimum Gasteiger partial charge on any atom is -0.383 e. The maximum Gasteiger partial charge on any atom is 0.302 e. The molecule has 0 heterocycles. The van der Waals surface area contributed by atoms with E-state index in [1.807, 2.05) is 30.3 Å². The molecule has 0 saturated heterocycles. The largest absolute Gasteiger partial charge is 0.383 e. The van der Waals surface area contributed by atoms with Crippen molar-refractivity contribution in [2.45, 2.75) is 6.92 Å². The number of methoxy groups -OCH3 is 1. The third-order valence-electron chi connectivity index (χ3n) is 2.06. The Kier molecular flexibility index (Phi) is 5.10. The lowest BCUT2D eigenvalue weighted by Crippen LogP contribution is -2.32. The van der Waals surface area contributed by atoms with Crippen LogP contribution in [0.5, 0.6) is 0 Å². The van der Waals surface area contributed by atoms with Crippen molar-refractivity contribution >= 4 is 11.6 Å². The van der Waals surface area contributed by atoms with Crippen LogP contribution in [-0.4, -0.2) is 26.2 Å². The lowest BCUT2D eigenvalue weighted by Gasteiger charge is -2.19. The molecular formula is C13H15NO2. The highest BCUT2D eigenvalue weighted by molar-refractivity contribution is 6.05. The van der Waals surface area contributed by atoms with E-state index in [1.165, 1.54) is 0 Å². The zero-order valence-electron chi connectivity index (χ0n) is 9.56. The fourth-order valence-corrected chi connectivity index (χ4v) is 1.31. The van der Waals surface area contributed by atoms with E-state index in [9.17, 15) is 4.79 Å². The Balaban J connectivity index is 2.86. The molecule has 0 saturated carbocycles. The van der Waals surface area contributed by atoms with Crippen LogP contribution < -0.4 is 4.90 Å². The third-order valence-corrected chi connectivity index (χ3v) is 2.06. The van der Waals surface area contributed by atoms with E-state index in [1.54, 1.807) is 18.9 Å². The van der Waals surface area contributed by atoms with Crippen LogP contribution in [0.2, 0.25) is 0 Å². The lowest BCUT2D eigenvalue weighted by atomic mass is 10.3. The second-order valence-corrected chi connectivity index (χ2v) is 3.16. The molecule has 1 amide bonds. The summed E-state index contributed by atoms with van der Waals surface area (Å²) in [5, 5.41) is 0. The van der Waals surface area contributed by atoms with Gasteiger partial charge in [0.25, 0.3) is 0 Å². The molecule has 3 nitrogen and oxygen atoms in total. The second kappa shape index (κ2) is 6.65. The van der Waals surface area contributed by atoms with Gasteiger partial charge in [-0.2, -0.15) is 0 Å². The van der Waals surface area contributed by atoms with E-state index in [2.05, 4.69) is 11.8 Å². The van der Waals surface area contributed by atoms with Gasteiger partial charge in [0.2, 0.25) is 0 Å². The first kappa shape index (κ1) is 12.3. The molecule has 0 N–H and O–H groups in total. The Morgan fingerprint density at radius 3 is 2.62 bits per heavy atom. The number of hydrogen-bond donors (Lipinski definition) is 0. The number of para-hydroxylation sites is 1. The Morgan fingerprint density at radius 1 is 1.38 bits per heavy atom. The van der Waals surface area contributed by atoms with Crippen LogP contribution in [0.3, 0.4) is 0 Å². The molecule has 3 heteroatoms. The quantitative estimate of drug-likeness (QED) is 0.718. The molecule has 0 aromatic heterocycles. The van der Waals surface area contributed by atoms with Gasteiger partial charge in [0.05, 0.1) is 13.2 Å². The lowest BCUT2D eigenvalue weighted by molar-refractivity contribution is -0.113. The number of carbonyl (C=O) groups is 1. The zero-order valence-corrected chi connectivity index (χ0v) is 9.56. The highest BCUT2D eigenvalue weighted by Gasteiger charge is 2.12. The van der Waals surface area contributed by atoms with Crippen molar-refractivity contribution in [2.75, 3.05) is 25.2 Å². The molecule has 0 aliphatic carbocycles. The summed E-state index contributed by atoms with van der Waals surface area (Å²) in [6.07, 6.45) is 0. The smallest absolute Gasteiger partial charge is 0.302 e. The van der Waals surface area contributed by atoms with Gasteiger partial charge in [-0.1, -0.05) is 24.1 Å². The third kappa shape index (κ3) is 3.41. The standard InChI is InChI=1S/C13H15NO2/c1-3-7-13(15)14(10-11-16-2)12-8-5-4-6-9-12/h4-6,8-9H,10-11H2,1-2H3. The van der Waals surface area contributed by atoms with Crippen LogP contribution in [0.25, 0.3) is 0 Å². The summed E-state index contributed by atoms with van der Waals surface area (Å²) in [6, 6.07) is 9.45. The van der Waals surface area contributed by atoms with Gasteiger partial charge in [0.1, 0.15) is 0 Å². The van der Waals surface area contributed by atoms with E-state index in [0.29, 0.717) is 13.2 Å². The van der Waals surface area contributed by atoms with E-state index < -0.39 is 0 Å². The van der Waals surface area contributed by atoms with E-state index in [-0.39, 0.29) is 5.91 Å².